The third-order valence-electron chi connectivity index (χ3n) is 4.31. The number of halogens is 1. The number of hydrogen-bond donors (Lipinski definition) is 2. The average Bonchev–Trinajstić information content (AvgIpc) is 3.38. The van der Waals surface area contributed by atoms with Crippen LogP contribution in [0.15, 0.2) is 49.2 Å². The van der Waals surface area contributed by atoms with Crippen LogP contribution in [0, 0.1) is 0 Å². The molecule has 27 heavy (non-hydrogen) atoms. The predicted octanol–water partition coefficient (Wildman–Crippen LogP) is 3.07. The summed E-state index contributed by atoms with van der Waals surface area (Å²) in [6, 6.07) is 9.91. The van der Waals surface area contributed by atoms with E-state index in [1.165, 1.54) is 17.9 Å². The molecule has 0 spiro atoms. The molecule has 1 aromatic carbocycles. The monoisotopic (exact) mass is 394 g/mol. The number of fused-ring (bicyclic) bond motifs is 2. The van der Waals surface area contributed by atoms with Crippen LogP contribution in [-0.4, -0.2) is 29.3 Å². The number of rotatable bonds is 4. The van der Waals surface area contributed by atoms with Crippen molar-refractivity contribution < 1.29 is 5.32 Å². The second-order valence-electron chi connectivity index (χ2n) is 5.95. The van der Waals surface area contributed by atoms with Crippen molar-refractivity contribution in [2.24, 2.45) is 0 Å². The summed E-state index contributed by atoms with van der Waals surface area (Å²) in [6.45, 7) is 0.661. The molecule has 0 radical (unpaired) electrons. The molecule has 5 rings (SSSR count). The van der Waals surface area contributed by atoms with Crippen molar-refractivity contribution in [3.8, 4) is 10.6 Å². The van der Waals surface area contributed by atoms with Gasteiger partial charge in [-0.3, -0.25) is 5.32 Å². The molecule has 0 amide bonds. The van der Waals surface area contributed by atoms with Crippen LogP contribution in [0.1, 0.15) is 5.56 Å². The number of pyridine rings is 1. The molecule has 4 aromatic heterocycles. The molecule has 0 aliphatic carbocycles. The van der Waals surface area contributed by atoms with E-state index in [0.717, 1.165) is 38.4 Å². The molecular weight excluding hydrogens is 382 g/mol. The lowest BCUT2D eigenvalue weighted by atomic mass is 10.1. The zero-order valence-corrected chi connectivity index (χ0v) is 15.5. The molecule has 0 bridgehead atoms. The third kappa shape index (κ3) is 2.93. The number of hydrogen-bond acceptors (Lipinski definition) is 6. The Morgan fingerprint density at radius 2 is 2.11 bits per heavy atom. The highest BCUT2D eigenvalue weighted by Crippen LogP contribution is 2.30. The van der Waals surface area contributed by atoms with Crippen LogP contribution in [0.3, 0.4) is 0 Å². The smallest absolute Gasteiger partial charge is 0.254 e. The summed E-state index contributed by atoms with van der Waals surface area (Å²) in [5.41, 5.74) is 4.25. The molecular formula is C18H13ClN7S+. The average molecular weight is 395 g/mol. The molecule has 0 saturated heterocycles. The Morgan fingerprint density at radius 1 is 1.15 bits per heavy atom. The number of nitrogens with one attached hydrogen (secondary N) is 1. The summed E-state index contributed by atoms with van der Waals surface area (Å²) in [5.74, 6) is 0.818. The molecule has 4 heterocycles. The topological polar surface area (TPSA) is 96.8 Å². The summed E-state index contributed by atoms with van der Waals surface area (Å²) in [6.07, 6.45) is 4.93. The largest absolute Gasteiger partial charge is 0.337 e. The van der Waals surface area contributed by atoms with Crippen molar-refractivity contribution in [2.45, 2.75) is 6.54 Å². The van der Waals surface area contributed by atoms with E-state index in [1.807, 2.05) is 24.3 Å². The first-order valence-corrected chi connectivity index (χ1v) is 9.41. The quantitative estimate of drug-likeness (QED) is 0.488. The van der Waals surface area contributed by atoms with E-state index in [1.54, 1.807) is 12.5 Å². The number of aromatic nitrogens is 6. The van der Waals surface area contributed by atoms with E-state index in [-0.39, 0.29) is 0 Å². The maximum atomic E-state index is 6.36. The first kappa shape index (κ1) is 16.2. The van der Waals surface area contributed by atoms with Gasteiger partial charge in [0.2, 0.25) is 0 Å². The first-order chi connectivity index (χ1) is 13.3. The molecule has 132 valence electrons. The van der Waals surface area contributed by atoms with Crippen LogP contribution in [0.25, 0.3) is 32.6 Å². The molecule has 0 aliphatic rings. The van der Waals surface area contributed by atoms with Gasteiger partial charge in [-0.1, -0.05) is 23.7 Å². The van der Waals surface area contributed by atoms with Gasteiger partial charge in [-0.2, -0.15) is 4.98 Å². The summed E-state index contributed by atoms with van der Waals surface area (Å²) in [5, 5.41) is 3.71. The second kappa shape index (κ2) is 6.66. The Hall–Kier alpha value is -2.94. The van der Waals surface area contributed by atoms with Crippen molar-refractivity contribution in [3.63, 3.8) is 0 Å². The highest BCUT2D eigenvalue weighted by atomic mass is 35.5. The van der Waals surface area contributed by atoms with E-state index in [9.17, 15) is 0 Å². The number of quaternary nitrogens is 1. The van der Waals surface area contributed by atoms with Gasteiger partial charge in [0, 0.05) is 17.1 Å². The molecule has 0 atom stereocenters. The van der Waals surface area contributed by atoms with Gasteiger partial charge in [-0.25, -0.2) is 19.3 Å². The van der Waals surface area contributed by atoms with Crippen LogP contribution in [0.2, 0.25) is 5.02 Å². The third-order valence-corrected chi connectivity index (χ3v) is 5.37. The summed E-state index contributed by atoms with van der Waals surface area (Å²) >= 11 is 7.78. The van der Waals surface area contributed by atoms with Crippen LogP contribution < -0.4 is 5.32 Å². The molecule has 7 nitrogen and oxygen atoms in total. The summed E-state index contributed by atoms with van der Waals surface area (Å²) < 4.78 is 4.22. The standard InChI is InChI=1S/C18H12ClN7S/c19-12-3-1-2-10-6-11(15(26-14(10)12)13-4-5-25-27-13)7-20-17-16-18(22-8-21-16)24-9-23-17/h1-6,8-9H,7H2,(H2,20,21,22,23,24)/p+1. The fraction of sp³-hybridized carbons (Fsp3) is 0.0556. The van der Waals surface area contributed by atoms with E-state index >= 15 is 0 Å². The van der Waals surface area contributed by atoms with Gasteiger partial charge in [-0.15, -0.1) is 0 Å². The Morgan fingerprint density at radius 3 is 3.00 bits per heavy atom. The van der Waals surface area contributed by atoms with Gasteiger partial charge in [0.25, 0.3) is 5.82 Å². The molecule has 0 fully saturated rings. The van der Waals surface area contributed by atoms with Crippen molar-refractivity contribution in [1.29, 1.82) is 0 Å². The van der Waals surface area contributed by atoms with Crippen molar-refractivity contribution in [3.05, 3.63) is 59.8 Å². The Balaban J connectivity index is 1.59. The molecule has 9 heteroatoms. The Labute approximate surface area is 162 Å². The number of para-hydroxylation sites is 1. The molecule has 0 saturated carbocycles. The zero-order chi connectivity index (χ0) is 18.2. The molecule has 5 aromatic rings. The Bertz CT molecular complexity index is 1250. The highest BCUT2D eigenvalue weighted by Gasteiger charge is 2.16. The van der Waals surface area contributed by atoms with E-state index in [0.29, 0.717) is 17.2 Å². The summed E-state index contributed by atoms with van der Waals surface area (Å²) in [4.78, 5) is 21.7. The van der Waals surface area contributed by atoms with Gasteiger partial charge in [-0.05, 0) is 29.7 Å². The van der Waals surface area contributed by atoms with Gasteiger partial charge in [0.05, 0.1) is 27.4 Å². The Kier molecular flexibility index (Phi) is 4.01. The maximum Gasteiger partial charge on any atom is 0.254 e. The predicted molar refractivity (Wildman–Crippen MR) is 105 cm³/mol. The highest BCUT2D eigenvalue weighted by molar-refractivity contribution is 7.09. The number of nitrogens with two attached hydrogens (primary N) is 1. The fourth-order valence-electron chi connectivity index (χ4n) is 3.06. The number of nitrogens with zero attached hydrogens (tertiary/aromatic N) is 5. The van der Waals surface area contributed by atoms with Gasteiger partial charge >= 0.3 is 0 Å². The van der Waals surface area contributed by atoms with Crippen LogP contribution in [0.5, 0.6) is 0 Å². The molecule has 0 aliphatic heterocycles. The zero-order valence-electron chi connectivity index (χ0n) is 13.9. The lowest BCUT2D eigenvalue weighted by Gasteiger charge is -2.09. The number of imidazole rings is 1. The van der Waals surface area contributed by atoms with Gasteiger partial charge in [0.1, 0.15) is 12.9 Å². The van der Waals surface area contributed by atoms with Gasteiger partial charge < -0.3 is 4.98 Å². The number of aromatic amines is 1. The number of benzene rings is 1. The first-order valence-electron chi connectivity index (χ1n) is 8.26. The number of H-pyrrole nitrogens is 1. The van der Waals surface area contributed by atoms with Crippen molar-refractivity contribution in [1.82, 2.24) is 29.3 Å². The summed E-state index contributed by atoms with van der Waals surface area (Å²) in [7, 11) is 0. The van der Waals surface area contributed by atoms with Crippen LogP contribution in [0.4, 0.5) is 5.82 Å². The molecule has 0 unspecified atom stereocenters. The van der Waals surface area contributed by atoms with Crippen molar-refractivity contribution >= 4 is 51.0 Å². The maximum absolute atomic E-state index is 6.36. The molecule has 3 N–H and O–H groups in total. The second-order valence-corrected chi connectivity index (χ2v) is 7.19. The lowest BCUT2D eigenvalue weighted by Crippen LogP contribution is -2.76. The van der Waals surface area contributed by atoms with Gasteiger partial charge in [0.15, 0.2) is 11.2 Å². The SMILES string of the molecule is Clc1cccc2cc(C[NH2+]c3ncnc4nc[nH]c34)c(-c3ccns3)nc12. The minimum atomic E-state index is 0.642. The minimum absolute atomic E-state index is 0.642. The van der Waals surface area contributed by atoms with Crippen LogP contribution >= 0.6 is 23.1 Å². The van der Waals surface area contributed by atoms with Crippen molar-refractivity contribution in [2.75, 3.05) is 0 Å². The lowest BCUT2D eigenvalue weighted by molar-refractivity contribution is -0.590. The minimum Gasteiger partial charge on any atom is -0.337 e. The normalized spacial score (nSPS) is 11.4. The fourth-order valence-corrected chi connectivity index (χ4v) is 3.90. The van der Waals surface area contributed by atoms with E-state index in [2.05, 4.69) is 35.7 Å². The van der Waals surface area contributed by atoms with E-state index < -0.39 is 0 Å². The van der Waals surface area contributed by atoms with Crippen LogP contribution in [-0.2, 0) is 6.54 Å². The van der Waals surface area contributed by atoms with E-state index in [4.69, 9.17) is 16.6 Å².